The number of carbonyl (C=O) groups is 1. The Morgan fingerprint density at radius 3 is 2.57 bits per heavy atom. The first-order valence-electron chi connectivity index (χ1n) is 13.4. The smallest absolute Gasteiger partial charge is 0.306 e. The van der Waals surface area contributed by atoms with Gasteiger partial charge < -0.3 is 5.11 Å². The van der Waals surface area contributed by atoms with Gasteiger partial charge in [0, 0.05) is 35.6 Å². The third-order valence-corrected chi connectivity index (χ3v) is 8.90. The number of pyridine rings is 1. The molecule has 0 radical (unpaired) electrons. The molecule has 3 heterocycles. The van der Waals surface area contributed by atoms with E-state index in [4.69, 9.17) is 4.98 Å². The van der Waals surface area contributed by atoms with Crippen LogP contribution in [-0.4, -0.2) is 27.5 Å². The molecule has 1 unspecified atom stereocenters. The van der Waals surface area contributed by atoms with Crippen molar-refractivity contribution in [3.05, 3.63) is 87.4 Å². The predicted octanol–water partition coefficient (Wildman–Crippen LogP) is 7.57. The molecule has 0 saturated carbocycles. The molecular formula is C32H36N2O2S. The molecule has 5 rings (SSSR count). The fraction of sp³-hybridized carbons (Fsp3) is 0.375. The Morgan fingerprint density at radius 2 is 1.86 bits per heavy atom. The number of aromatic nitrogens is 1. The Balaban J connectivity index is 1.53. The van der Waals surface area contributed by atoms with Crippen LogP contribution in [0.2, 0.25) is 0 Å². The van der Waals surface area contributed by atoms with E-state index in [-0.39, 0.29) is 5.92 Å². The highest BCUT2D eigenvalue weighted by Crippen LogP contribution is 2.43. The number of nitrogens with zero attached hydrogens (tertiary/aromatic N) is 2. The van der Waals surface area contributed by atoms with E-state index in [1.807, 2.05) is 18.3 Å². The van der Waals surface area contributed by atoms with E-state index >= 15 is 0 Å². The first-order chi connectivity index (χ1) is 17.9. The van der Waals surface area contributed by atoms with E-state index in [0.717, 1.165) is 49.4 Å². The number of benzene rings is 2. The molecule has 1 aliphatic rings. The number of thiophene rings is 1. The lowest BCUT2D eigenvalue weighted by atomic mass is 9.88. The van der Waals surface area contributed by atoms with Gasteiger partial charge in [-0.25, -0.2) is 4.98 Å². The standard InChI is InChI=1S/C32H36N2O2S/c1-4-24(32(35)36)11-8-12-26-22(3)33-31-30(29(26)25-15-13-21(2)14-16-25)27-17-18-34(20-28(27)37-31)19-23-9-6-5-7-10-23/h5-7,9-10,13-16,24H,4,8,11-12,17-20H2,1-3H3,(H,35,36). The van der Waals surface area contributed by atoms with Crippen LogP contribution in [0.25, 0.3) is 21.3 Å². The van der Waals surface area contributed by atoms with E-state index in [1.54, 1.807) is 0 Å². The minimum absolute atomic E-state index is 0.274. The van der Waals surface area contributed by atoms with Crippen LogP contribution in [0.5, 0.6) is 0 Å². The first kappa shape index (κ1) is 25.6. The maximum atomic E-state index is 11.6. The Hall–Kier alpha value is -3.02. The molecule has 4 aromatic rings. The Morgan fingerprint density at radius 1 is 1.11 bits per heavy atom. The van der Waals surface area contributed by atoms with Gasteiger partial charge in [-0.15, -0.1) is 11.3 Å². The van der Waals surface area contributed by atoms with Gasteiger partial charge in [0.05, 0.1) is 5.92 Å². The maximum absolute atomic E-state index is 11.6. The van der Waals surface area contributed by atoms with Crippen LogP contribution < -0.4 is 0 Å². The van der Waals surface area contributed by atoms with Crippen LogP contribution in [0, 0.1) is 19.8 Å². The minimum Gasteiger partial charge on any atom is -0.481 e. The summed E-state index contributed by atoms with van der Waals surface area (Å²) in [5.74, 6) is -0.956. The van der Waals surface area contributed by atoms with Crippen LogP contribution in [0.15, 0.2) is 54.6 Å². The summed E-state index contributed by atoms with van der Waals surface area (Å²) in [4.78, 5) is 21.8. The number of rotatable bonds is 9. The zero-order valence-electron chi connectivity index (χ0n) is 22.1. The zero-order chi connectivity index (χ0) is 25.9. The fourth-order valence-electron chi connectivity index (χ4n) is 5.68. The highest BCUT2D eigenvalue weighted by Gasteiger charge is 2.26. The lowest BCUT2D eigenvalue weighted by Gasteiger charge is -2.27. The number of hydrogen-bond acceptors (Lipinski definition) is 4. The summed E-state index contributed by atoms with van der Waals surface area (Å²) >= 11 is 1.85. The molecule has 0 bridgehead atoms. The van der Waals surface area contributed by atoms with Crippen molar-refractivity contribution in [2.75, 3.05) is 6.54 Å². The fourth-order valence-corrected chi connectivity index (χ4v) is 7.00. The summed E-state index contributed by atoms with van der Waals surface area (Å²) in [7, 11) is 0. The molecule has 0 fully saturated rings. The molecule has 0 spiro atoms. The lowest BCUT2D eigenvalue weighted by molar-refractivity contribution is -0.142. The van der Waals surface area contributed by atoms with E-state index < -0.39 is 5.97 Å². The van der Waals surface area contributed by atoms with Crippen molar-refractivity contribution in [3.63, 3.8) is 0 Å². The monoisotopic (exact) mass is 512 g/mol. The van der Waals surface area contributed by atoms with Crippen molar-refractivity contribution >= 4 is 27.5 Å². The van der Waals surface area contributed by atoms with E-state index in [0.29, 0.717) is 12.8 Å². The quantitative estimate of drug-likeness (QED) is 0.251. The van der Waals surface area contributed by atoms with Gasteiger partial charge in [-0.2, -0.15) is 0 Å². The minimum atomic E-state index is -0.682. The largest absolute Gasteiger partial charge is 0.481 e. The summed E-state index contributed by atoms with van der Waals surface area (Å²) in [5, 5.41) is 10.9. The van der Waals surface area contributed by atoms with Crippen LogP contribution in [-0.2, 0) is 30.7 Å². The highest BCUT2D eigenvalue weighted by molar-refractivity contribution is 7.19. The predicted molar refractivity (Wildman–Crippen MR) is 153 cm³/mol. The number of carboxylic acids is 1. The second-order valence-electron chi connectivity index (χ2n) is 10.4. The number of carboxylic acid groups (broad SMARTS) is 1. The maximum Gasteiger partial charge on any atom is 0.306 e. The summed E-state index contributed by atoms with van der Waals surface area (Å²) in [6.07, 6.45) is 4.12. The number of fused-ring (bicyclic) bond motifs is 3. The molecule has 37 heavy (non-hydrogen) atoms. The molecule has 4 nitrogen and oxygen atoms in total. The van der Waals surface area contributed by atoms with Gasteiger partial charge in [0.25, 0.3) is 0 Å². The van der Waals surface area contributed by atoms with E-state index in [2.05, 4.69) is 73.3 Å². The summed E-state index contributed by atoms with van der Waals surface area (Å²) in [6, 6.07) is 19.6. The Kier molecular flexibility index (Phi) is 7.73. The van der Waals surface area contributed by atoms with Crippen molar-refractivity contribution < 1.29 is 9.90 Å². The second kappa shape index (κ2) is 11.2. The molecule has 0 saturated heterocycles. The molecule has 1 N–H and O–H groups in total. The van der Waals surface area contributed by atoms with Gasteiger partial charge in [-0.05, 0) is 73.8 Å². The molecule has 2 aromatic heterocycles. The molecule has 1 atom stereocenters. The molecule has 2 aromatic carbocycles. The van der Waals surface area contributed by atoms with Crippen molar-refractivity contribution in [2.24, 2.45) is 5.92 Å². The van der Waals surface area contributed by atoms with Crippen molar-refractivity contribution in [1.29, 1.82) is 0 Å². The van der Waals surface area contributed by atoms with Crippen LogP contribution >= 0.6 is 11.3 Å². The molecule has 192 valence electrons. The number of aliphatic carboxylic acids is 1. The third kappa shape index (κ3) is 5.48. The van der Waals surface area contributed by atoms with E-state index in [1.165, 1.54) is 43.6 Å². The van der Waals surface area contributed by atoms with Crippen molar-refractivity contribution in [1.82, 2.24) is 9.88 Å². The SMILES string of the molecule is CCC(CCCc1c(C)nc2sc3c(c2c1-c1ccc(C)cc1)CCN(Cc1ccccc1)C3)C(=O)O. The number of aryl methyl sites for hydroxylation is 2. The second-order valence-corrected chi connectivity index (χ2v) is 11.5. The van der Waals surface area contributed by atoms with Crippen LogP contribution in [0.1, 0.15) is 59.0 Å². The van der Waals surface area contributed by atoms with Crippen LogP contribution in [0.3, 0.4) is 0 Å². The zero-order valence-corrected chi connectivity index (χ0v) is 22.9. The molecular weight excluding hydrogens is 476 g/mol. The normalized spacial score (nSPS) is 14.6. The van der Waals surface area contributed by atoms with Gasteiger partial charge in [-0.1, -0.05) is 67.1 Å². The summed E-state index contributed by atoms with van der Waals surface area (Å²) in [5.41, 5.74) is 8.99. The molecule has 1 aliphatic heterocycles. The average Bonchev–Trinajstić information content (AvgIpc) is 3.24. The Labute approximate surface area is 224 Å². The lowest BCUT2D eigenvalue weighted by Crippen LogP contribution is -2.29. The molecule has 5 heteroatoms. The summed E-state index contributed by atoms with van der Waals surface area (Å²) in [6.45, 7) is 9.20. The molecule has 0 aliphatic carbocycles. The van der Waals surface area contributed by atoms with E-state index in [9.17, 15) is 9.90 Å². The van der Waals surface area contributed by atoms with Crippen molar-refractivity contribution in [3.8, 4) is 11.1 Å². The van der Waals surface area contributed by atoms with Gasteiger partial charge in [0.2, 0.25) is 0 Å². The van der Waals surface area contributed by atoms with Gasteiger partial charge in [0.15, 0.2) is 0 Å². The van der Waals surface area contributed by atoms with Gasteiger partial charge >= 0.3 is 5.97 Å². The first-order valence-corrected chi connectivity index (χ1v) is 14.3. The third-order valence-electron chi connectivity index (χ3n) is 7.79. The number of hydrogen-bond donors (Lipinski definition) is 1. The van der Waals surface area contributed by atoms with Crippen LogP contribution in [0.4, 0.5) is 0 Å². The van der Waals surface area contributed by atoms with Gasteiger partial charge in [-0.3, -0.25) is 9.69 Å². The highest BCUT2D eigenvalue weighted by atomic mass is 32.1. The van der Waals surface area contributed by atoms with Gasteiger partial charge in [0.1, 0.15) is 4.83 Å². The topological polar surface area (TPSA) is 53.4 Å². The Bertz CT molecular complexity index is 1390. The molecule has 0 amide bonds. The average molecular weight is 513 g/mol. The van der Waals surface area contributed by atoms with Crippen molar-refractivity contribution in [2.45, 2.75) is 66.0 Å². The summed E-state index contributed by atoms with van der Waals surface area (Å²) < 4.78 is 0.